The fourth-order valence-corrected chi connectivity index (χ4v) is 3.15. The molecule has 1 N–H and O–H groups in total. The van der Waals surface area contributed by atoms with E-state index in [1.54, 1.807) is 25.6 Å². The molecule has 2 heterocycles. The van der Waals surface area contributed by atoms with E-state index in [1.807, 2.05) is 53.8 Å². The Morgan fingerprint density at radius 2 is 1.87 bits per heavy atom. The van der Waals surface area contributed by atoms with Crippen molar-refractivity contribution >= 4 is 34.1 Å². The van der Waals surface area contributed by atoms with Crippen LogP contribution in [0.1, 0.15) is 18.1 Å². The minimum atomic E-state index is -0.450. The smallest absolute Gasteiger partial charge is 0.312 e. The quantitative estimate of drug-likeness (QED) is 0.228. The van der Waals surface area contributed by atoms with Crippen LogP contribution in [0.5, 0.6) is 17.4 Å². The summed E-state index contributed by atoms with van der Waals surface area (Å²) in [5.41, 5.74) is 1.70. The lowest BCUT2D eigenvalue weighted by Crippen LogP contribution is -2.06. The maximum absolute atomic E-state index is 11.3. The second-order valence-electron chi connectivity index (χ2n) is 6.34. The molecule has 1 aromatic carbocycles. The Bertz CT molecular complexity index is 1050. The van der Waals surface area contributed by atoms with Gasteiger partial charge in [-0.25, -0.2) is 9.97 Å². The lowest BCUT2D eigenvalue weighted by atomic mass is 10.2. The average molecular weight is 536 g/mol. The summed E-state index contributed by atoms with van der Waals surface area (Å²) in [6.07, 6.45) is 3.27. The molecule has 0 saturated heterocycles. The Hall–Kier alpha value is -3.15. The van der Waals surface area contributed by atoms with Gasteiger partial charge < -0.3 is 19.5 Å². The van der Waals surface area contributed by atoms with Gasteiger partial charge >= 0.3 is 5.69 Å². The van der Waals surface area contributed by atoms with Crippen molar-refractivity contribution in [3.63, 3.8) is 0 Å². The molecular weight excluding hydrogens is 515 g/mol. The van der Waals surface area contributed by atoms with Crippen molar-refractivity contribution < 1.29 is 19.1 Å². The lowest BCUT2D eigenvalue weighted by Gasteiger charge is -2.14. The van der Waals surface area contributed by atoms with E-state index in [0.717, 1.165) is 11.1 Å². The highest BCUT2D eigenvalue weighted by atomic mass is 127. The summed E-state index contributed by atoms with van der Waals surface area (Å²) >= 11 is 1.99. The fourth-order valence-electron chi connectivity index (χ4n) is 2.72. The second kappa shape index (κ2) is 10.8. The van der Waals surface area contributed by atoms with E-state index < -0.39 is 4.92 Å². The Morgan fingerprint density at radius 3 is 2.55 bits per heavy atom. The molecule has 3 aromatic rings. The topological polar surface area (TPSA) is 109 Å². The Labute approximate surface area is 193 Å². The summed E-state index contributed by atoms with van der Waals surface area (Å²) in [6, 6.07) is 10.7. The van der Waals surface area contributed by atoms with Gasteiger partial charge in [-0.1, -0.05) is 6.07 Å². The van der Waals surface area contributed by atoms with Crippen molar-refractivity contribution in [2.24, 2.45) is 0 Å². The maximum Gasteiger partial charge on any atom is 0.312 e. The van der Waals surface area contributed by atoms with Crippen molar-refractivity contribution in [3.8, 4) is 17.4 Å². The third kappa shape index (κ3) is 6.17. The molecule has 0 amide bonds. The summed E-state index contributed by atoms with van der Waals surface area (Å²) < 4.78 is 17.4. The second-order valence-corrected chi connectivity index (χ2v) is 7.59. The monoisotopic (exact) mass is 536 g/mol. The molecule has 0 aliphatic carbocycles. The number of rotatable bonds is 10. The number of aromatic nitrogens is 2. The van der Waals surface area contributed by atoms with Gasteiger partial charge in [-0.05, 0) is 53.3 Å². The standard InChI is InChI=1S/C21H21IN4O5/c1-3-30-19-8-14(10-24-21-17(26(27)28)9-16(22)12-25-21)4-6-18(19)31-13-15-5-7-20(29-2)23-11-15/h4-9,11-12H,3,10,13H2,1-2H3,(H,24,25). The molecule has 0 saturated carbocycles. The minimum Gasteiger partial charge on any atom is -0.490 e. The van der Waals surface area contributed by atoms with E-state index in [-0.39, 0.29) is 11.5 Å². The van der Waals surface area contributed by atoms with Crippen molar-refractivity contribution in [1.29, 1.82) is 0 Å². The van der Waals surface area contributed by atoms with Gasteiger partial charge in [0.15, 0.2) is 11.5 Å². The first-order valence-corrected chi connectivity index (χ1v) is 10.5. The van der Waals surface area contributed by atoms with E-state index in [4.69, 9.17) is 14.2 Å². The lowest BCUT2D eigenvalue weighted by molar-refractivity contribution is -0.384. The molecule has 0 unspecified atom stereocenters. The fraction of sp³-hybridized carbons (Fsp3) is 0.238. The zero-order chi connectivity index (χ0) is 22.2. The molecular formula is C21H21IN4O5. The number of hydrogen-bond acceptors (Lipinski definition) is 8. The van der Waals surface area contributed by atoms with Crippen LogP contribution in [0.2, 0.25) is 0 Å². The van der Waals surface area contributed by atoms with Crippen molar-refractivity contribution in [3.05, 3.63) is 73.6 Å². The van der Waals surface area contributed by atoms with Gasteiger partial charge in [-0.15, -0.1) is 0 Å². The molecule has 0 aliphatic heterocycles. The average Bonchev–Trinajstić information content (AvgIpc) is 2.78. The molecule has 2 aromatic heterocycles. The first-order chi connectivity index (χ1) is 15.0. The molecule has 0 spiro atoms. The number of nitrogens with one attached hydrogen (secondary N) is 1. The summed E-state index contributed by atoms with van der Waals surface area (Å²) in [5.74, 6) is 1.95. The van der Waals surface area contributed by atoms with Gasteiger partial charge in [0, 0.05) is 40.2 Å². The molecule has 3 rings (SSSR count). The van der Waals surface area contributed by atoms with Crippen LogP contribution in [0.3, 0.4) is 0 Å². The number of pyridine rings is 2. The van der Waals surface area contributed by atoms with Crippen molar-refractivity contribution in [1.82, 2.24) is 9.97 Å². The summed E-state index contributed by atoms with van der Waals surface area (Å²) in [7, 11) is 1.57. The van der Waals surface area contributed by atoms with Crippen LogP contribution in [0.4, 0.5) is 11.5 Å². The molecule has 9 nitrogen and oxygen atoms in total. The van der Waals surface area contributed by atoms with Gasteiger partial charge in [0.05, 0.1) is 18.6 Å². The molecule has 31 heavy (non-hydrogen) atoms. The van der Waals surface area contributed by atoms with Crippen molar-refractivity contribution in [2.45, 2.75) is 20.1 Å². The van der Waals surface area contributed by atoms with E-state index >= 15 is 0 Å². The molecule has 162 valence electrons. The third-order valence-electron chi connectivity index (χ3n) is 4.20. The van der Waals surface area contributed by atoms with Crippen LogP contribution in [0, 0.1) is 13.7 Å². The molecule has 0 bridgehead atoms. The number of nitrogens with zero attached hydrogens (tertiary/aromatic N) is 3. The molecule has 0 atom stereocenters. The minimum absolute atomic E-state index is 0.0648. The third-order valence-corrected chi connectivity index (χ3v) is 4.79. The van der Waals surface area contributed by atoms with Gasteiger partial charge in [0.25, 0.3) is 0 Å². The van der Waals surface area contributed by atoms with E-state index in [2.05, 4.69) is 15.3 Å². The maximum atomic E-state index is 11.3. The summed E-state index contributed by atoms with van der Waals surface area (Å²) in [6.45, 7) is 3.03. The van der Waals surface area contributed by atoms with Gasteiger partial charge in [-0.2, -0.15) is 0 Å². The highest BCUT2D eigenvalue weighted by Gasteiger charge is 2.16. The van der Waals surface area contributed by atoms with Crippen LogP contribution >= 0.6 is 22.6 Å². The molecule has 0 aliphatic rings. The highest BCUT2D eigenvalue weighted by Crippen LogP contribution is 2.30. The van der Waals surface area contributed by atoms with Crippen LogP contribution in [-0.2, 0) is 13.2 Å². The van der Waals surface area contributed by atoms with Crippen molar-refractivity contribution in [2.75, 3.05) is 19.0 Å². The van der Waals surface area contributed by atoms with Gasteiger partial charge in [-0.3, -0.25) is 10.1 Å². The van der Waals surface area contributed by atoms with Crippen LogP contribution in [-0.4, -0.2) is 28.6 Å². The Balaban J connectivity index is 1.70. The molecule has 10 heteroatoms. The van der Waals surface area contributed by atoms with E-state index in [0.29, 0.717) is 40.7 Å². The van der Waals surface area contributed by atoms with Gasteiger partial charge in [0.2, 0.25) is 11.7 Å². The number of hydrogen-bond donors (Lipinski definition) is 1. The number of anilines is 1. The zero-order valence-corrected chi connectivity index (χ0v) is 19.2. The number of benzene rings is 1. The summed E-state index contributed by atoms with van der Waals surface area (Å²) in [5, 5.41) is 14.3. The number of methoxy groups -OCH3 is 1. The SMILES string of the molecule is CCOc1cc(CNc2ncc(I)cc2[N+](=O)[O-])ccc1OCc1ccc(OC)nc1. The zero-order valence-electron chi connectivity index (χ0n) is 17.0. The van der Waals surface area contributed by atoms with Gasteiger partial charge in [0.1, 0.15) is 6.61 Å². The first-order valence-electron chi connectivity index (χ1n) is 9.41. The Kier molecular flexibility index (Phi) is 7.82. The summed E-state index contributed by atoms with van der Waals surface area (Å²) in [4.78, 5) is 19.1. The predicted octanol–water partition coefficient (Wildman–Crippen LogP) is 4.59. The number of halogens is 1. The van der Waals surface area contributed by atoms with Crippen LogP contribution in [0.25, 0.3) is 0 Å². The molecule has 0 fully saturated rings. The first kappa shape index (κ1) is 22.5. The largest absolute Gasteiger partial charge is 0.490 e. The number of nitro groups is 1. The predicted molar refractivity (Wildman–Crippen MR) is 124 cm³/mol. The van der Waals surface area contributed by atoms with Crippen LogP contribution < -0.4 is 19.5 Å². The van der Waals surface area contributed by atoms with E-state index in [1.165, 1.54) is 6.07 Å². The normalized spacial score (nSPS) is 10.4. The van der Waals surface area contributed by atoms with E-state index in [9.17, 15) is 10.1 Å². The molecule has 0 radical (unpaired) electrons. The Morgan fingerprint density at radius 1 is 1.06 bits per heavy atom. The van der Waals surface area contributed by atoms with Crippen LogP contribution in [0.15, 0.2) is 48.8 Å². The number of ether oxygens (including phenoxy) is 3. The highest BCUT2D eigenvalue weighted by molar-refractivity contribution is 14.1.